The Balaban J connectivity index is 3.17. The number of aromatic hydroxyl groups is 1. The van der Waals surface area contributed by atoms with Crippen molar-refractivity contribution in [2.75, 3.05) is 0 Å². The number of rotatable bonds is 2. The van der Waals surface area contributed by atoms with Crippen LogP contribution in [0.2, 0.25) is 0 Å². The SMILES string of the molecule is O=C(O)c1cc(O)c(C(=O)O)[se]1. The summed E-state index contributed by atoms with van der Waals surface area (Å²) in [6.07, 6.45) is 0. The molecular formula is C6H4O5Se. The average Bonchev–Trinajstić information content (AvgIpc) is 2.30. The van der Waals surface area contributed by atoms with Crippen LogP contribution in [0.25, 0.3) is 0 Å². The molecule has 0 aliphatic heterocycles. The normalized spacial score (nSPS) is 9.67. The summed E-state index contributed by atoms with van der Waals surface area (Å²) in [5.74, 6) is -2.89. The molecule has 0 fully saturated rings. The Morgan fingerprint density at radius 2 is 1.83 bits per heavy atom. The van der Waals surface area contributed by atoms with Gasteiger partial charge in [-0.2, -0.15) is 0 Å². The molecule has 0 atom stereocenters. The first-order chi connectivity index (χ1) is 5.52. The van der Waals surface area contributed by atoms with Crippen molar-refractivity contribution in [2.45, 2.75) is 0 Å². The van der Waals surface area contributed by atoms with Gasteiger partial charge in [0.25, 0.3) is 0 Å². The van der Waals surface area contributed by atoms with Crippen LogP contribution in [0.4, 0.5) is 0 Å². The fourth-order valence-corrected chi connectivity index (χ4v) is 2.17. The Hall–Kier alpha value is -1.26. The first kappa shape index (κ1) is 8.83. The van der Waals surface area contributed by atoms with Crippen molar-refractivity contribution in [3.8, 4) is 5.75 Å². The topological polar surface area (TPSA) is 94.8 Å². The Morgan fingerprint density at radius 3 is 2.08 bits per heavy atom. The van der Waals surface area contributed by atoms with Crippen LogP contribution in [-0.4, -0.2) is 41.8 Å². The van der Waals surface area contributed by atoms with Gasteiger partial charge in [0.2, 0.25) is 0 Å². The number of aromatic carboxylic acids is 2. The molecule has 1 heterocycles. The van der Waals surface area contributed by atoms with Crippen molar-refractivity contribution in [1.29, 1.82) is 0 Å². The molecule has 0 saturated carbocycles. The van der Waals surface area contributed by atoms with E-state index in [1.165, 1.54) is 0 Å². The first-order valence-corrected chi connectivity index (χ1v) is 4.53. The van der Waals surface area contributed by atoms with Crippen LogP contribution in [0.1, 0.15) is 18.5 Å². The van der Waals surface area contributed by atoms with E-state index in [1.807, 2.05) is 0 Å². The van der Waals surface area contributed by atoms with Crippen molar-refractivity contribution in [3.63, 3.8) is 0 Å². The van der Waals surface area contributed by atoms with E-state index in [0.29, 0.717) is 0 Å². The van der Waals surface area contributed by atoms with E-state index in [-0.39, 0.29) is 8.87 Å². The predicted molar refractivity (Wildman–Crippen MR) is 39.0 cm³/mol. The summed E-state index contributed by atoms with van der Waals surface area (Å²) < 4.78 is -0.252. The monoisotopic (exact) mass is 236 g/mol. The van der Waals surface area contributed by atoms with E-state index >= 15 is 0 Å². The first-order valence-electron chi connectivity index (χ1n) is 2.81. The molecule has 0 aliphatic carbocycles. The van der Waals surface area contributed by atoms with Gasteiger partial charge in [-0.3, -0.25) is 0 Å². The molecule has 5 nitrogen and oxygen atoms in total. The summed E-state index contributed by atoms with van der Waals surface area (Å²) in [7, 11) is 0. The summed E-state index contributed by atoms with van der Waals surface area (Å²) in [4.78, 5) is 20.7. The number of carboxylic acids is 2. The molecule has 1 rings (SSSR count). The molecule has 0 radical (unpaired) electrons. The molecule has 64 valence electrons. The van der Waals surface area contributed by atoms with Gasteiger partial charge < -0.3 is 0 Å². The second-order valence-electron chi connectivity index (χ2n) is 1.94. The Kier molecular flexibility index (Phi) is 2.21. The van der Waals surface area contributed by atoms with Gasteiger partial charge in [0.05, 0.1) is 0 Å². The molecule has 0 aliphatic rings. The van der Waals surface area contributed by atoms with Gasteiger partial charge in [-0.25, -0.2) is 0 Å². The zero-order chi connectivity index (χ0) is 9.30. The molecule has 0 saturated heterocycles. The molecule has 0 unspecified atom stereocenters. The van der Waals surface area contributed by atoms with Gasteiger partial charge in [-0.1, -0.05) is 0 Å². The summed E-state index contributed by atoms with van der Waals surface area (Å²) in [6, 6.07) is 0.978. The molecule has 1 aromatic heterocycles. The summed E-state index contributed by atoms with van der Waals surface area (Å²) >= 11 is -0.790. The van der Waals surface area contributed by atoms with E-state index in [1.54, 1.807) is 0 Å². The van der Waals surface area contributed by atoms with Crippen LogP contribution in [0.5, 0.6) is 5.75 Å². The fourth-order valence-electron chi connectivity index (χ4n) is 0.640. The van der Waals surface area contributed by atoms with Crippen LogP contribution in [-0.2, 0) is 0 Å². The third-order valence-corrected chi connectivity index (χ3v) is 3.43. The zero-order valence-electron chi connectivity index (χ0n) is 5.64. The van der Waals surface area contributed by atoms with Crippen LogP contribution < -0.4 is 0 Å². The Morgan fingerprint density at radius 1 is 1.25 bits per heavy atom. The molecule has 0 spiro atoms. The number of carboxylic acid groups (broad SMARTS) is 2. The van der Waals surface area contributed by atoms with Crippen molar-refractivity contribution < 1.29 is 24.9 Å². The number of hydrogen-bond donors (Lipinski definition) is 3. The van der Waals surface area contributed by atoms with E-state index in [0.717, 1.165) is 6.07 Å². The molecular weight excluding hydrogens is 231 g/mol. The third kappa shape index (κ3) is 1.49. The van der Waals surface area contributed by atoms with E-state index < -0.39 is 32.2 Å². The van der Waals surface area contributed by atoms with Crippen LogP contribution in [0.15, 0.2) is 6.07 Å². The van der Waals surface area contributed by atoms with Crippen LogP contribution in [0, 0.1) is 0 Å². The third-order valence-electron chi connectivity index (χ3n) is 1.12. The van der Waals surface area contributed by atoms with Gasteiger partial charge >= 0.3 is 72.0 Å². The minimum atomic E-state index is -1.26. The molecule has 0 amide bonds. The predicted octanol–water partition coefficient (Wildman–Crippen LogP) is -0.154. The fraction of sp³-hybridized carbons (Fsp3) is 0. The summed E-state index contributed by atoms with van der Waals surface area (Å²) in [5, 5.41) is 25.9. The molecule has 3 N–H and O–H groups in total. The Labute approximate surface area is 72.6 Å². The number of carbonyl (C=O) groups is 2. The Bertz CT molecular complexity index is 340. The second kappa shape index (κ2) is 3.00. The average molecular weight is 235 g/mol. The van der Waals surface area contributed by atoms with Gasteiger partial charge in [0, 0.05) is 0 Å². The van der Waals surface area contributed by atoms with E-state index in [9.17, 15) is 9.59 Å². The van der Waals surface area contributed by atoms with Gasteiger partial charge in [-0.15, -0.1) is 0 Å². The molecule has 0 aromatic carbocycles. The summed E-state index contributed by atoms with van der Waals surface area (Å²) in [5.41, 5.74) is 0. The van der Waals surface area contributed by atoms with Crippen molar-refractivity contribution in [1.82, 2.24) is 0 Å². The summed E-state index contributed by atoms with van der Waals surface area (Å²) in [6.45, 7) is 0. The maximum absolute atomic E-state index is 10.4. The van der Waals surface area contributed by atoms with Crippen molar-refractivity contribution in [3.05, 3.63) is 14.9 Å². The van der Waals surface area contributed by atoms with Crippen LogP contribution >= 0.6 is 0 Å². The van der Waals surface area contributed by atoms with E-state index in [4.69, 9.17) is 15.3 Å². The minimum absolute atomic E-state index is 0.0441. The van der Waals surface area contributed by atoms with Crippen LogP contribution in [0.3, 0.4) is 0 Å². The van der Waals surface area contributed by atoms with E-state index in [2.05, 4.69) is 0 Å². The van der Waals surface area contributed by atoms with Crippen molar-refractivity contribution in [2.24, 2.45) is 0 Å². The standard InChI is InChI=1S/C6H4O5Se/c7-2-1-3(5(8)9)12-4(2)6(10)11/h1,7H,(H,8,9)(H,10,11). The van der Waals surface area contributed by atoms with Crippen molar-refractivity contribution >= 4 is 26.4 Å². The maximum atomic E-state index is 10.4. The van der Waals surface area contributed by atoms with Gasteiger partial charge in [0.15, 0.2) is 0 Å². The number of hydrogen-bond acceptors (Lipinski definition) is 3. The molecule has 6 heteroatoms. The van der Waals surface area contributed by atoms with Gasteiger partial charge in [0.1, 0.15) is 0 Å². The van der Waals surface area contributed by atoms with Gasteiger partial charge in [-0.05, 0) is 0 Å². The quantitative estimate of drug-likeness (QED) is 0.619. The molecule has 0 bridgehead atoms. The molecule has 1 aromatic rings. The molecule has 12 heavy (non-hydrogen) atoms. The second-order valence-corrected chi connectivity index (χ2v) is 4.14. The zero-order valence-corrected chi connectivity index (χ0v) is 7.36.